The van der Waals surface area contributed by atoms with Crippen LogP contribution in [0, 0.1) is 6.92 Å². The van der Waals surface area contributed by atoms with E-state index in [4.69, 9.17) is 21.8 Å². The number of aromatic nitrogens is 2. The summed E-state index contributed by atoms with van der Waals surface area (Å²) >= 11 is 5.86. The third-order valence-corrected chi connectivity index (χ3v) is 2.10. The third-order valence-electron chi connectivity index (χ3n) is 1.77. The lowest BCUT2D eigenvalue weighted by Gasteiger charge is -1.98. The maximum atomic E-state index is 5.86. The van der Waals surface area contributed by atoms with Crippen LogP contribution < -0.4 is 5.73 Å². The maximum absolute atomic E-state index is 5.86. The van der Waals surface area contributed by atoms with Gasteiger partial charge in [-0.15, -0.1) is 10.2 Å². The minimum atomic E-state index is 0.449. The van der Waals surface area contributed by atoms with Gasteiger partial charge in [0.1, 0.15) is 0 Å². The molecule has 2 aromatic rings. The van der Waals surface area contributed by atoms with Gasteiger partial charge in [-0.2, -0.15) is 0 Å². The van der Waals surface area contributed by atoms with Crippen molar-refractivity contribution in [3.05, 3.63) is 29.1 Å². The first-order chi connectivity index (χ1) is 6.66. The molecule has 0 aliphatic heterocycles. The molecule has 0 aliphatic rings. The zero-order valence-corrected chi connectivity index (χ0v) is 8.25. The van der Waals surface area contributed by atoms with E-state index in [9.17, 15) is 0 Å². The van der Waals surface area contributed by atoms with Crippen LogP contribution in [0.25, 0.3) is 11.5 Å². The standard InChI is InChI=1S/C9H8ClN3O/c1-5-12-13-9(14-5)6-2-3-8(11)7(10)4-6/h2-4H,11H2,1H3. The molecule has 5 heteroatoms. The van der Waals surface area contributed by atoms with Crippen molar-refractivity contribution < 1.29 is 4.42 Å². The molecule has 0 atom stereocenters. The molecule has 4 nitrogen and oxygen atoms in total. The fourth-order valence-electron chi connectivity index (χ4n) is 1.07. The molecule has 0 radical (unpaired) electrons. The Bertz CT molecular complexity index is 467. The summed E-state index contributed by atoms with van der Waals surface area (Å²) in [4.78, 5) is 0. The van der Waals surface area contributed by atoms with E-state index in [1.807, 2.05) is 0 Å². The highest BCUT2D eigenvalue weighted by atomic mass is 35.5. The van der Waals surface area contributed by atoms with Gasteiger partial charge in [-0.1, -0.05) is 11.6 Å². The quantitative estimate of drug-likeness (QED) is 0.732. The first-order valence-electron chi connectivity index (χ1n) is 4.02. The van der Waals surface area contributed by atoms with Crippen molar-refractivity contribution in [3.8, 4) is 11.5 Å². The number of nitrogens with zero attached hydrogens (tertiary/aromatic N) is 2. The summed E-state index contributed by atoms with van der Waals surface area (Å²) in [5, 5.41) is 8.08. The second kappa shape index (κ2) is 3.31. The minimum Gasteiger partial charge on any atom is -0.421 e. The molecular formula is C9H8ClN3O. The van der Waals surface area contributed by atoms with Crippen LogP contribution in [0.1, 0.15) is 5.89 Å². The van der Waals surface area contributed by atoms with E-state index in [1.165, 1.54) is 0 Å². The Morgan fingerprint density at radius 2 is 2.14 bits per heavy atom. The molecule has 0 bridgehead atoms. The lowest BCUT2D eigenvalue weighted by molar-refractivity contribution is 0.533. The Hall–Kier alpha value is -1.55. The predicted molar refractivity (Wildman–Crippen MR) is 53.9 cm³/mol. The van der Waals surface area contributed by atoms with E-state index in [-0.39, 0.29) is 0 Å². The Morgan fingerprint density at radius 1 is 1.36 bits per heavy atom. The number of benzene rings is 1. The summed E-state index contributed by atoms with van der Waals surface area (Å²) in [6, 6.07) is 5.19. The predicted octanol–water partition coefficient (Wildman–Crippen LogP) is 2.28. The van der Waals surface area contributed by atoms with Crippen molar-refractivity contribution in [1.29, 1.82) is 0 Å². The third kappa shape index (κ3) is 1.56. The molecule has 2 rings (SSSR count). The molecule has 14 heavy (non-hydrogen) atoms. The number of nitrogen functional groups attached to an aromatic ring is 1. The van der Waals surface area contributed by atoms with Crippen LogP contribution in [-0.4, -0.2) is 10.2 Å². The Balaban J connectivity index is 2.47. The summed E-state index contributed by atoms with van der Waals surface area (Å²) in [5.74, 6) is 0.970. The van der Waals surface area contributed by atoms with E-state index in [1.54, 1.807) is 25.1 Å². The summed E-state index contributed by atoms with van der Waals surface area (Å²) in [7, 11) is 0. The van der Waals surface area contributed by atoms with Crippen molar-refractivity contribution in [2.24, 2.45) is 0 Å². The van der Waals surface area contributed by atoms with Crippen LogP contribution >= 0.6 is 11.6 Å². The first-order valence-corrected chi connectivity index (χ1v) is 4.40. The molecule has 0 aliphatic carbocycles. The largest absolute Gasteiger partial charge is 0.421 e. The second-order valence-electron chi connectivity index (χ2n) is 2.86. The smallest absolute Gasteiger partial charge is 0.247 e. The van der Waals surface area contributed by atoms with Gasteiger partial charge < -0.3 is 10.2 Å². The van der Waals surface area contributed by atoms with Gasteiger partial charge in [0, 0.05) is 12.5 Å². The van der Waals surface area contributed by atoms with Gasteiger partial charge in [-0.25, -0.2) is 0 Å². The van der Waals surface area contributed by atoms with Gasteiger partial charge in [0.05, 0.1) is 10.7 Å². The normalized spacial score (nSPS) is 10.4. The molecule has 0 saturated carbocycles. The molecule has 0 spiro atoms. The van der Waals surface area contributed by atoms with Crippen LogP contribution in [0.4, 0.5) is 5.69 Å². The number of hydrogen-bond acceptors (Lipinski definition) is 4. The zero-order valence-electron chi connectivity index (χ0n) is 7.49. The van der Waals surface area contributed by atoms with Gasteiger partial charge in [-0.3, -0.25) is 0 Å². The molecule has 1 heterocycles. The Morgan fingerprint density at radius 3 is 2.71 bits per heavy atom. The fraction of sp³-hybridized carbons (Fsp3) is 0.111. The molecular weight excluding hydrogens is 202 g/mol. The van der Waals surface area contributed by atoms with Crippen LogP contribution in [0.3, 0.4) is 0 Å². The van der Waals surface area contributed by atoms with Gasteiger partial charge in [0.2, 0.25) is 11.8 Å². The number of hydrogen-bond donors (Lipinski definition) is 1. The minimum absolute atomic E-state index is 0.449. The molecule has 1 aromatic heterocycles. The molecule has 1 aromatic carbocycles. The lowest BCUT2D eigenvalue weighted by atomic mass is 10.2. The number of aryl methyl sites for hydroxylation is 1. The Labute approximate surface area is 85.7 Å². The monoisotopic (exact) mass is 209 g/mol. The fourth-order valence-corrected chi connectivity index (χ4v) is 1.25. The molecule has 0 unspecified atom stereocenters. The molecule has 0 amide bonds. The number of anilines is 1. The highest BCUT2D eigenvalue weighted by Gasteiger charge is 2.07. The first kappa shape index (κ1) is 9.02. The summed E-state index contributed by atoms with van der Waals surface area (Å²) < 4.78 is 5.24. The van der Waals surface area contributed by atoms with Crippen molar-refractivity contribution >= 4 is 17.3 Å². The number of nitrogens with two attached hydrogens (primary N) is 1. The van der Waals surface area contributed by atoms with E-state index in [2.05, 4.69) is 10.2 Å². The van der Waals surface area contributed by atoms with E-state index in [0.29, 0.717) is 22.5 Å². The van der Waals surface area contributed by atoms with E-state index < -0.39 is 0 Å². The molecule has 0 fully saturated rings. The van der Waals surface area contributed by atoms with Crippen molar-refractivity contribution in [2.75, 3.05) is 5.73 Å². The topological polar surface area (TPSA) is 64.9 Å². The summed E-state index contributed by atoms with van der Waals surface area (Å²) in [6.45, 7) is 1.73. The van der Waals surface area contributed by atoms with Crippen LogP contribution in [0.5, 0.6) is 0 Å². The van der Waals surface area contributed by atoms with Crippen LogP contribution in [0.2, 0.25) is 5.02 Å². The summed E-state index contributed by atoms with van der Waals surface area (Å²) in [6.07, 6.45) is 0. The number of halogens is 1. The second-order valence-corrected chi connectivity index (χ2v) is 3.27. The SMILES string of the molecule is Cc1nnc(-c2ccc(N)c(Cl)c2)o1. The van der Waals surface area contributed by atoms with Crippen molar-refractivity contribution in [2.45, 2.75) is 6.92 Å². The van der Waals surface area contributed by atoms with Crippen LogP contribution in [-0.2, 0) is 0 Å². The lowest BCUT2D eigenvalue weighted by Crippen LogP contribution is -1.86. The zero-order chi connectivity index (χ0) is 10.1. The van der Waals surface area contributed by atoms with E-state index >= 15 is 0 Å². The van der Waals surface area contributed by atoms with Crippen LogP contribution in [0.15, 0.2) is 22.6 Å². The van der Waals surface area contributed by atoms with Gasteiger partial charge in [0.25, 0.3) is 0 Å². The maximum Gasteiger partial charge on any atom is 0.247 e. The van der Waals surface area contributed by atoms with Gasteiger partial charge in [0.15, 0.2) is 0 Å². The van der Waals surface area contributed by atoms with E-state index in [0.717, 1.165) is 5.56 Å². The number of rotatable bonds is 1. The average molecular weight is 210 g/mol. The van der Waals surface area contributed by atoms with Gasteiger partial charge >= 0.3 is 0 Å². The average Bonchev–Trinajstić information content (AvgIpc) is 2.57. The molecule has 72 valence electrons. The highest BCUT2D eigenvalue weighted by molar-refractivity contribution is 6.33. The highest BCUT2D eigenvalue weighted by Crippen LogP contribution is 2.25. The Kier molecular flexibility index (Phi) is 2.13. The summed E-state index contributed by atoms with van der Waals surface area (Å²) in [5.41, 5.74) is 6.88. The van der Waals surface area contributed by atoms with Crippen molar-refractivity contribution in [3.63, 3.8) is 0 Å². The van der Waals surface area contributed by atoms with Gasteiger partial charge in [-0.05, 0) is 18.2 Å². The van der Waals surface area contributed by atoms with Crippen molar-refractivity contribution in [1.82, 2.24) is 10.2 Å². The molecule has 0 saturated heterocycles. The molecule has 2 N–H and O–H groups in total.